The zero-order chi connectivity index (χ0) is 11.4. The molecule has 0 saturated carbocycles. The van der Waals surface area contributed by atoms with Crippen LogP contribution >= 0.6 is 0 Å². The Hall–Kier alpha value is -1.98. The number of phenols is 1. The lowest BCUT2D eigenvalue weighted by molar-refractivity contribution is -0.0513. The molecular formula is C9H6F2O4. The lowest BCUT2D eigenvalue weighted by Gasteiger charge is -2.08. The van der Waals surface area contributed by atoms with Crippen molar-refractivity contribution in [3.05, 3.63) is 23.3 Å². The van der Waals surface area contributed by atoms with Crippen LogP contribution in [0.2, 0.25) is 0 Å². The van der Waals surface area contributed by atoms with Gasteiger partial charge in [0.05, 0.1) is 5.56 Å². The summed E-state index contributed by atoms with van der Waals surface area (Å²) >= 11 is 0. The Balaban J connectivity index is 3.23. The molecule has 0 radical (unpaired) electrons. The number of carbonyl (C=O) groups is 2. The maximum absolute atomic E-state index is 11.9. The number of hydrogen-bond donors (Lipinski definition) is 1. The number of hydrogen-bond acceptors (Lipinski definition) is 4. The second kappa shape index (κ2) is 4.50. The average molecular weight is 216 g/mol. The van der Waals surface area contributed by atoms with Gasteiger partial charge in [0.15, 0.2) is 17.8 Å². The Morgan fingerprint density at radius 2 is 1.93 bits per heavy atom. The Morgan fingerprint density at radius 3 is 2.40 bits per heavy atom. The Labute approximate surface area is 83.1 Å². The maximum atomic E-state index is 11.9. The molecule has 1 N–H and O–H groups in total. The lowest BCUT2D eigenvalue weighted by atomic mass is 10.1. The van der Waals surface area contributed by atoms with Crippen molar-refractivity contribution >= 4 is 12.6 Å². The van der Waals surface area contributed by atoms with Crippen molar-refractivity contribution in [2.24, 2.45) is 0 Å². The fourth-order valence-electron chi connectivity index (χ4n) is 0.995. The number of phenolic OH excluding ortho intramolecular Hbond substituents is 1. The van der Waals surface area contributed by atoms with Crippen LogP contribution in [0, 0.1) is 0 Å². The first kappa shape index (κ1) is 11.1. The summed E-state index contributed by atoms with van der Waals surface area (Å²) in [5, 5.41) is 9.25. The highest BCUT2D eigenvalue weighted by Gasteiger charge is 2.14. The number of halogens is 2. The number of aldehydes is 2. The number of alkyl halides is 2. The van der Waals surface area contributed by atoms with E-state index in [1.165, 1.54) is 0 Å². The topological polar surface area (TPSA) is 63.6 Å². The van der Waals surface area contributed by atoms with Gasteiger partial charge < -0.3 is 9.84 Å². The van der Waals surface area contributed by atoms with E-state index in [1.807, 2.05) is 0 Å². The molecule has 0 amide bonds. The molecule has 0 aliphatic rings. The number of benzene rings is 1. The summed E-state index contributed by atoms with van der Waals surface area (Å²) in [6.07, 6.45) is 0.589. The third kappa shape index (κ3) is 2.49. The number of carbonyl (C=O) groups excluding carboxylic acids is 2. The second-order valence-electron chi connectivity index (χ2n) is 2.57. The minimum atomic E-state index is -3.14. The summed E-state index contributed by atoms with van der Waals surface area (Å²) in [5.41, 5.74) is -0.319. The van der Waals surface area contributed by atoms with E-state index in [4.69, 9.17) is 0 Å². The van der Waals surface area contributed by atoms with Gasteiger partial charge in [0.2, 0.25) is 0 Å². The van der Waals surface area contributed by atoms with E-state index < -0.39 is 18.1 Å². The summed E-state index contributed by atoms with van der Waals surface area (Å²) in [6.45, 7) is -3.14. The molecule has 0 saturated heterocycles. The van der Waals surface area contributed by atoms with Gasteiger partial charge in [0, 0.05) is 5.56 Å². The fraction of sp³-hybridized carbons (Fsp3) is 0.111. The Bertz CT molecular complexity index is 390. The summed E-state index contributed by atoms with van der Waals surface area (Å²) < 4.78 is 27.7. The van der Waals surface area contributed by atoms with Crippen molar-refractivity contribution in [3.63, 3.8) is 0 Å². The van der Waals surface area contributed by atoms with Gasteiger partial charge in [-0.2, -0.15) is 8.78 Å². The van der Waals surface area contributed by atoms with Gasteiger partial charge >= 0.3 is 6.61 Å². The van der Waals surface area contributed by atoms with Crippen LogP contribution in [0.1, 0.15) is 20.7 Å². The summed E-state index contributed by atoms with van der Waals surface area (Å²) in [4.78, 5) is 20.8. The number of ether oxygens (including phenoxy) is 1. The molecule has 0 spiro atoms. The molecule has 0 bridgehead atoms. The smallest absolute Gasteiger partial charge is 0.387 e. The largest absolute Gasteiger partial charge is 0.504 e. The highest BCUT2D eigenvalue weighted by molar-refractivity contribution is 5.86. The third-order valence-corrected chi connectivity index (χ3v) is 1.61. The average Bonchev–Trinajstić information content (AvgIpc) is 2.20. The van der Waals surface area contributed by atoms with E-state index in [1.54, 1.807) is 0 Å². The quantitative estimate of drug-likeness (QED) is 0.776. The SMILES string of the molecule is O=Cc1cc(C=O)c(O)c(OC(F)F)c1. The monoisotopic (exact) mass is 216 g/mol. The van der Waals surface area contributed by atoms with Crippen LogP contribution in [-0.4, -0.2) is 24.3 Å². The van der Waals surface area contributed by atoms with Gasteiger partial charge in [-0.25, -0.2) is 0 Å². The first-order chi connectivity index (χ1) is 7.08. The van der Waals surface area contributed by atoms with Gasteiger partial charge in [-0.3, -0.25) is 9.59 Å². The van der Waals surface area contributed by atoms with Gasteiger partial charge in [-0.1, -0.05) is 0 Å². The van der Waals surface area contributed by atoms with E-state index in [2.05, 4.69) is 4.74 Å². The van der Waals surface area contributed by atoms with E-state index in [0.717, 1.165) is 12.1 Å². The van der Waals surface area contributed by atoms with E-state index in [-0.39, 0.29) is 17.4 Å². The zero-order valence-electron chi connectivity index (χ0n) is 7.31. The number of aromatic hydroxyl groups is 1. The standard InChI is InChI=1S/C9H6F2O4/c10-9(11)15-7-2-5(3-12)1-6(4-13)8(7)14/h1-4,9,14H. The third-order valence-electron chi connectivity index (χ3n) is 1.61. The van der Waals surface area contributed by atoms with Gasteiger partial charge in [-0.15, -0.1) is 0 Å². The molecule has 0 unspecified atom stereocenters. The predicted octanol–water partition coefficient (Wildman–Crippen LogP) is 1.62. The number of rotatable bonds is 4. The molecule has 0 fully saturated rings. The van der Waals surface area contributed by atoms with Gasteiger partial charge in [-0.05, 0) is 12.1 Å². The molecule has 1 aromatic carbocycles. The first-order valence-electron chi connectivity index (χ1n) is 3.80. The Morgan fingerprint density at radius 1 is 1.27 bits per heavy atom. The van der Waals surface area contributed by atoms with Crippen molar-refractivity contribution in [3.8, 4) is 11.5 Å². The molecule has 0 heterocycles. The summed E-state index contributed by atoms with van der Waals surface area (Å²) in [5.74, 6) is -1.31. The van der Waals surface area contributed by atoms with E-state index >= 15 is 0 Å². The minimum absolute atomic E-state index is 0.0365. The van der Waals surface area contributed by atoms with Crippen molar-refractivity contribution in [1.82, 2.24) is 0 Å². The predicted molar refractivity (Wildman–Crippen MR) is 45.5 cm³/mol. The van der Waals surface area contributed by atoms with E-state index in [0.29, 0.717) is 6.29 Å². The molecule has 0 aliphatic carbocycles. The van der Waals surface area contributed by atoms with Crippen molar-refractivity contribution in [1.29, 1.82) is 0 Å². The van der Waals surface area contributed by atoms with Crippen molar-refractivity contribution < 1.29 is 28.2 Å². The van der Waals surface area contributed by atoms with Crippen LogP contribution in [0.15, 0.2) is 12.1 Å². The zero-order valence-corrected chi connectivity index (χ0v) is 7.31. The van der Waals surface area contributed by atoms with Crippen LogP contribution in [0.3, 0.4) is 0 Å². The maximum Gasteiger partial charge on any atom is 0.387 e. The molecule has 1 rings (SSSR count). The molecular weight excluding hydrogens is 210 g/mol. The molecule has 0 aliphatic heterocycles. The second-order valence-corrected chi connectivity index (χ2v) is 2.57. The summed E-state index contributed by atoms with van der Waals surface area (Å²) in [7, 11) is 0. The van der Waals surface area contributed by atoms with Gasteiger partial charge in [0.25, 0.3) is 0 Å². The Kier molecular flexibility index (Phi) is 3.33. The normalized spacial score (nSPS) is 10.1. The molecule has 0 atom stereocenters. The van der Waals surface area contributed by atoms with E-state index in [9.17, 15) is 23.5 Å². The fourth-order valence-corrected chi connectivity index (χ4v) is 0.995. The molecule has 6 heteroatoms. The van der Waals surface area contributed by atoms with Crippen LogP contribution in [0.4, 0.5) is 8.78 Å². The van der Waals surface area contributed by atoms with Crippen molar-refractivity contribution in [2.45, 2.75) is 6.61 Å². The first-order valence-corrected chi connectivity index (χ1v) is 3.80. The highest BCUT2D eigenvalue weighted by atomic mass is 19.3. The molecule has 15 heavy (non-hydrogen) atoms. The van der Waals surface area contributed by atoms with Crippen molar-refractivity contribution in [2.75, 3.05) is 0 Å². The van der Waals surface area contributed by atoms with Gasteiger partial charge in [0.1, 0.15) is 6.29 Å². The molecule has 1 aromatic rings. The van der Waals surface area contributed by atoms with Crippen LogP contribution < -0.4 is 4.74 Å². The molecule has 4 nitrogen and oxygen atoms in total. The minimum Gasteiger partial charge on any atom is -0.504 e. The summed E-state index contributed by atoms with van der Waals surface area (Å²) in [6, 6.07) is 1.98. The lowest BCUT2D eigenvalue weighted by Crippen LogP contribution is -2.03. The highest BCUT2D eigenvalue weighted by Crippen LogP contribution is 2.31. The van der Waals surface area contributed by atoms with Crippen LogP contribution in [-0.2, 0) is 0 Å². The van der Waals surface area contributed by atoms with Crippen LogP contribution in [0.25, 0.3) is 0 Å². The molecule has 80 valence electrons. The van der Waals surface area contributed by atoms with Crippen LogP contribution in [0.5, 0.6) is 11.5 Å². The molecule has 0 aromatic heterocycles.